The summed E-state index contributed by atoms with van der Waals surface area (Å²) < 4.78 is 0. The van der Waals surface area contributed by atoms with Crippen LogP contribution in [0.1, 0.15) is 22.2 Å². The lowest BCUT2D eigenvalue weighted by atomic mass is 10.1. The highest BCUT2D eigenvalue weighted by molar-refractivity contribution is 7.17. The molecule has 0 radical (unpaired) electrons. The number of carbonyl (C=O) groups excluding carboxylic acids is 1. The van der Waals surface area contributed by atoms with Gasteiger partial charge in [-0.1, -0.05) is 24.3 Å². The number of nitrogens with one attached hydrogen (secondary N) is 2. The van der Waals surface area contributed by atoms with Crippen LogP contribution in [0.15, 0.2) is 60.7 Å². The van der Waals surface area contributed by atoms with Gasteiger partial charge in [-0.25, -0.2) is 4.98 Å². The Bertz CT molecular complexity index is 1740. The molecule has 0 bridgehead atoms. The SMILES string of the molecule is CC(=O)c1ccc(-c2cccc3[nH]c(-c4n[nH]c5ccc(-c6cc#cc(CN(C)C)c6)nc45)cc23)s1. The lowest BCUT2D eigenvalue weighted by Gasteiger charge is -2.08. The van der Waals surface area contributed by atoms with Gasteiger partial charge < -0.3 is 9.88 Å². The fourth-order valence-corrected chi connectivity index (χ4v) is 5.40. The van der Waals surface area contributed by atoms with E-state index in [0.29, 0.717) is 0 Å². The van der Waals surface area contributed by atoms with E-state index in [1.165, 1.54) is 11.3 Å². The molecule has 4 heterocycles. The standard InChI is InChI=1S/C29H23N5OS/c1-17(35)26-12-13-27(36-26)20-8-5-9-23-21(20)15-25(30-23)29-28-24(32-33-29)11-10-22(31-28)19-7-4-6-18(14-19)16-34(2)3/h5,7-15,30H,16H2,1-3H3,(H,32,33). The zero-order valence-corrected chi connectivity index (χ0v) is 21.0. The Hall–Kier alpha value is -4.25. The number of hydrogen-bond acceptors (Lipinski definition) is 5. The molecule has 0 unspecified atom stereocenters. The van der Waals surface area contributed by atoms with E-state index in [-0.39, 0.29) is 5.78 Å². The number of nitrogens with zero attached hydrogens (tertiary/aromatic N) is 3. The maximum absolute atomic E-state index is 11.8. The van der Waals surface area contributed by atoms with Gasteiger partial charge in [0.05, 0.1) is 21.8 Å². The molecule has 0 atom stereocenters. The second kappa shape index (κ2) is 8.76. The fraction of sp³-hybridized carbons (Fsp3) is 0.138. The van der Waals surface area contributed by atoms with Gasteiger partial charge in [0.15, 0.2) is 5.78 Å². The maximum Gasteiger partial charge on any atom is 0.169 e. The second-order valence-corrected chi connectivity index (χ2v) is 10.2. The summed E-state index contributed by atoms with van der Waals surface area (Å²) in [4.78, 5) is 24.2. The van der Waals surface area contributed by atoms with E-state index in [1.807, 2.05) is 50.5 Å². The Balaban J connectivity index is 1.43. The van der Waals surface area contributed by atoms with Gasteiger partial charge in [0.25, 0.3) is 0 Å². The molecule has 0 amide bonds. The summed E-state index contributed by atoms with van der Waals surface area (Å²) in [6, 6.07) is 26.5. The Morgan fingerprint density at radius 3 is 2.78 bits per heavy atom. The van der Waals surface area contributed by atoms with E-state index in [0.717, 1.165) is 72.0 Å². The highest BCUT2D eigenvalue weighted by atomic mass is 32.1. The van der Waals surface area contributed by atoms with Crippen LogP contribution in [0.4, 0.5) is 0 Å². The van der Waals surface area contributed by atoms with Gasteiger partial charge in [-0.2, -0.15) is 5.10 Å². The van der Waals surface area contributed by atoms with Gasteiger partial charge in [-0.3, -0.25) is 9.89 Å². The largest absolute Gasteiger partial charge is 0.353 e. The molecule has 7 heteroatoms. The van der Waals surface area contributed by atoms with Crippen LogP contribution < -0.4 is 0 Å². The minimum atomic E-state index is 0.0841. The van der Waals surface area contributed by atoms with Crippen molar-refractivity contribution in [1.29, 1.82) is 0 Å². The van der Waals surface area contributed by atoms with E-state index >= 15 is 0 Å². The normalized spacial score (nSPS) is 11.4. The molecule has 6 aromatic rings. The number of carbonyl (C=O) groups is 1. The lowest BCUT2D eigenvalue weighted by Crippen LogP contribution is -2.10. The smallest absolute Gasteiger partial charge is 0.169 e. The summed E-state index contributed by atoms with van der Waals surface area (Å²) in [5, 5.41) is 8.80. The van der Waals surface area contributed by atoms with Crippen LogP contribution in [0.5, 0.6) is 0 Å². The van der Waals surface area contributed by atoms with Crippen molar-refractivity contribution in [1.82, 2.24) is 25.1 Å². The number of aromatic nitrogens is 4. The highest BCUT2D eigenvalue weighted by Crippen LogP contribution is 2.37. The van der Waals surface area contributed by atoms with Gasteiger partial charge in [0, 0.05) is 39.0 Å². The summed E-state index contributed by atoms with van der Waals surface area (Å²) in [5.41, 5.74) is 8.35. The van der Waals surface area contributed by atoms with Crippen LogP contribution in [-0.4, -0.2) is 44.9 Å². The molecule has 0 aliphatic carbocycles. The number of benzene rings is 1. The molecule has 6 rings (SSSR count). The number of H-pyrrole nitrogens is 2. The molecule has 0 aliphatic rings. The summed E-state index contributed by atoms with van der Waals surface area (Å²) in [6.07, 6.45) is 0. The first kappa shape index (κ1) is 22.2. The van der Waals surface area contributed by atoms with Crippen molar-refractivity contribution < 1.29 is 4.79 Å². The predicted octanol–water partition coefficient (Wildman–Crippen LogP) is 6.37. The van der Waals surface area contributed by atoms with Gasteiger partial charge in [0.2, 0.25) is 0 Å². The van der Waals surface area contributed by atoms with Gasteiger partial charge in [0.1, 0.15) is 11.2 Å². The number of hydrogen-bond donors (Lipinski definition) is 2. The van der Waals surface area contributed by atoms with Gasteiger partial charge in [-0.15, -0.1) is 11.3 Å². The molecule has 0 saturated carbocycles. The highest BCUT2D eigenvalue weighted by Gasteiger charge is 2.16. The molecule has 36 heavy (non-hydrogen) atoms. The third-order valence-corrected chi connectivity index (χ3v) is 7.34. The first-order valence-corrected chi connectivity index (χ1v) is 12.4. The summed E-state index contributed by atoms with van der Waals surface area (Å²) >= 11 is 1.52. The number of rotatable bonds is 6. The Morgan fingerprint density at radius 2 is 1.97 bits per heavy atom. The minimum absolute atomic E-state index is 0.0841. The topological polar surface area (TPSA) is 77.7 Å². The first-order chi connectivity index (χ1) is 17.5. The molecule has 176 valence electrons. The van der Waals surface area contributed by atoms with Crippen molar-refractivity contribution in [3.8, 4) is 33.1 Å². The van der Waals surface area contributed by atoms with Crippen LogP contribution in [0.25, 0.3) is 55.0 Å². The number of pyridine rings is 1. The number of Topliss-reactive ketones (excluding diaryl/α,β-unsaturated/α-hetero) is 1. The molecular formula is C29H23N5OS. The fourth-order valence-electron chi connectivity index (χ4n) is 4.46. The number of thiophene rings is 1. The molecule has 2 aromatic carbocycles. The number of aromatic amines is 2. The Kier molecular flexibility index (Phi) is 5.41. The minimum Gasteiger partial charge on any atom is -0.353 e. The van der Waals surface area contributed by atoms with E-state index < -0.39 is 0 Å². The molecule has 6 nitrogen and oxygen atoms in total. The first-order valence-electron chi connectivity index (χ1n) is 11.6. The average molecular weight is 490 g/mol. The average Bonchev–Trinajstić information content (AvgIpc) is 3.60. The van der Waals surface area contributed by atoms with E-state index in [1.54, 1.807) is 6.92 Å². The summed E-state index contributed by atoms with van der Waals surface area (Å²) in [7, 11) is 4.07. The van der Waals surface area contributed by atoms with Gasteiger partial charge >= 0.3 is 0 Å². The van der Waals surface area contributed by atoms with Crippen molar-refractivity contribution in [2.75, 3.05) is 14.1 Å². The van der Waals surface area contributed by atoms with E-state index in [2.05, 4.69) is 56.5 Å². The summed E-state index contributed by atoms with van der Waals surface area (Å²) in [5.74, 6) is 0.0841. The molecule has 0 spiro atoms. The van der Waals surface area contributed by atoms with E-state index in [4.69, 9.17) is 4.98 Å². The molecule has 0 saturated heterocycles. The van der Waals surface area contributed by atoms with Crippen LogP contribution in [0.3, 0.4) is 0 Å². The molecule has 0 fully saturated rings. The molecule has 2 N–H and O–H groups in total. The maximum atomic E-state index is 11.8. The van der Waals surface area contributed by atoms with Crippen molar-refractivity contribution in [2.45, 2.75) is 13.5 Å². The predicted molar refractivity (Wildman–Crippen MR) is 145 cm³/mol. The quantitative estimate of drug-likeness (QED) is 0.267. The number of fused-ring (bicyclic) bond motifs is 2. The van der Waals surface area contributed by atoms with E-state index in [9.17, 15) is 4.79 Å². The van der Waals surface area contributed by atoms with Crippen molar-refractivity contribution in [3.05, 3.63) is 83.2 Å². The van der Waals surface area contributed by atoms with Crippen molar-refractivity contribution in [3.63, 3.8) is 0 Å². The summed E-state index contributed by atoms with van der Waals surface area (Å²) in [6.45, 7) is 2.39. The molecule has 4 aromatic heterocycles. The third-order valence-electron chi connectivity index (χ3n) is 6.12. The second-order valence-electron chi connectivity index (χ2n) is 9.11. The zero-order valence-electron chi connectivity index (χ0n) is 20.1. The molecular weight excluding hydrogens is 466 g/mol. The van der Waals surface area contributed by atoms with Gasteiger partial charge in [-0.05, 0) is 69.6 Å². The van der Waals surface area contributed by atoms with Crippen molar-refractivity contribution >= 4 is 39.1 Å². The van der Waals surface area contributed by atoms with Crippen LogP contribution >= 0.6 is 11.3 Å². The Labute approximate surface area is 212 Å². The lowest BCUT2D eigenvalue weighted by molar-refractivity contribution is 0.102. The van der Waals surface area contributed by atoms with Crippen LogP contribution in [0.2, 0.25) is 0 Å². The number of ketones is 1. The zero-order chi connectivity index (χ0) is 24.8. The Morgan fingerprint density at radius 1 is 1.08 bits per heavy atom. The van der Waals surface area contributed by atoms with Crippen LogP contribution in [-0.2, 0) is 6.54 Å². The molecule has 0 aliphatic heterocycles. The third kappa shape index (κ3) is 3.97. The van der Waals surface area contributed by atoms with Crippen molar-refractivity contribution in [2.24, 2.45) is 0 Å². The monoisotopic (exact) mass is 489 g/mol. The van der Waals surface area contributed by atoms with Crippen LogP contribution in [0, 0.1) is 12.1 Å².